The van der Waals surface area contributed by atoms with E-state index >= 15 is 0 Å². The third kappa shape index (κ3) is 6.47. The van der Waals surface area contributed by atoms with Crippen LogP contribution in [0.3, 0.4) is 0 Å². The van der Waals surface area contributed by atoms with Crippen LogP contribution in [-0.4, -0.2) is 36.7 Å². The van der Waals surface area contributed by atoms with Crippen molar-refractivity contribution in [3.05, 3.63) is 0 Å². The van der Waals surface area contributed by atoms with Crippen molar-refractivity contribution in [2.75, 3.05) is 26.7 Å². The first-order valence-corrected chi connectivity index (χ1v) is 4.95. The average Bonchev–Trinajstić information content (AvgIpc) is 1.99. The van der Waals surface area contributed by atoms with Crippen LogP contribution in [0.2, 0.25) is 0 Å². The Morgan fingerprint density at radius 1 is 1.45 bits per heavy atom. The Bertz CT molecular complexity index is 137. The van der Waals surface area contributed by atoms with Crippen LogP contribution in [0.15, 0.2) is 0 Å². The van der Waals surface area contributed by atoms with Gasteiger partial charge in [0.15, 0.2) is 0 Å². The molecular weight excluding hydrogens is 171 g/mol. The topological polar surface area (TPSA) is 76.0 Å². The minimum Gasteiger partial charge on any atom is -0.385 e. The number of aliphatic hydroxyl groups excluding tert-OH is 1. The van der Waals surface area contributed by atoms with Gasteiger partial charge < -0.3 is 19.3 Å². The quantitative estimate of drug-likeness (QED) is 0.454. The molecule has 0 aliphatic rings. The molecule has 68 valence electrons. The Morgan fingerprint density at radius 2 is 2.09 bits per heavy atom. The maximum Gasteiger partial charge on any atom is 0.353 e. The van der Waals surface area contributed by atoms with Crippen molar-refractivity contribution in [3.63, 3.8) is 0 Å². The maximum absolute atomic E-state index is 10.6. The number of aliphatic hydroxyl groups is 1. The van der Waals surface area contributed by atoms with E-state index in [1.165, 1.54) is 7.11 Å². The Morgan fingerprint density at radius 3 is 2.55 bits per heavy atom. The van der Waals surface area contributed by atoms with Crippen LogP contribution in [0.5, 0.6) is 0 Å². The molecule has 0 saturated carbocycles. The smallest absolute Gasteiger partial charge is 0.353 e. The molecule has 0 amide bonds. The second-order valence-electron chi connectivity index (χ2n) is 1.96. The molecule has 0 rings (SSSR count). The van der Waals surface area contributed by atoms with Gasteiger partial charge >= 0.3 is 7.60 Å². The molecule has 1 atom stereocenters. The molecule has 0 aliphatic heterocycles. The lowest BCUT2D eigenvalue weighted by molar-refractivity contribution is 0.161. The predicted octanol–water partition coefficient (Wildman–Crippen LogP) is 0.175. The highest BCUT2D eigenvalue weighted by molar-refractivity contribution is 7.52. The Balaban J connectivity index is 3.31. The van der Waals surface area contributed by atoms with Gasteiger partial charge in [0.2, 0.25) is 0 Å². The molecule has 0 radical (unpaired) electrons. The standard InChI is InChI=1S/C5H13O5P/c1-9-3-2-4-10-11(7,8)5-6/h6H,2-5H2,1H3,(H,7,8). The second-order valence-corrected chi connectivity index (χ2v) is 3.77. The van der Waals surface area contributed by atoms with Gasteiger partial charge in [-0.15, -0.1) is 0 Å². The van der Waals surface area contributed by atoms with Gasteiger partial charge in [0.1, 0.15) is 6.35 Å². The summed E-state index contributed by atoms with van der Waals surface area (Å²) in [6.07, 6.45) is -0.291. The summed E-state index contributed by atoms with van der Waals surface area (Å²) < 4.78 is 19.7. The van der Waals surface area contributed by atoms with Gasteiger partial charge in [0.25, 0.3) is 0 Å². The minimum atomic E-state index is -3.71. The monoisotopic (exact) mass is 184 g/mol. The van der Waals surface area contributed by atoms with Crippen molar-refractivity contribution in [2.24, 2.45) is 0 Å². The summed E-state index contributed by atoms with van der Waals surface area (Å²) in [6.45, 7) is 0.605. The van der Waals surface area contributed by atoms with Crippen molar-refractivity contribution in [2.45, 2.75) is 6.42 Å². The first kappa shape index (κ1) is 11.1. The van der Waals surface area contributed by atoms with E-state index in [0.717, 1.165) is 0 Å². The van der Waals surface area contributed by atoms with Gasteiger partial charge in [-0.1, -0.05) is 0 Å². The molecule has 0 aliphatic carbocycles. The fraction of sp³-hybridized carbons (Fsp3) is 1.00. The van der Waals surface area contributed by atoms with Gasteiger partial charge in [-0.2, -0.15) is 0 Å². The maximum atomic E-state index is 10.6. The molecular formula is C5H13O5P. The van der Waals surface area contributed by atoms with E-state index in [4.69, 9.17) is 10.00 Å². The minimum absolute atomic E-state index is 0.127. The molecule has 0 fully saturated rings. The first-order valence-electron chi connectivity index (χ1n) is 3.18. The zero-order chi connectivity index (χ0) is 8.74. The molecule has 11 heavy (non-hydrogen) atoms. The highest BCUT2D eigenvalue weighted by atomic mass is 31.2. The van der Waals surface area contributed by atoms with Gasteiger partial charge in [-0.25, -0.2) is 0 Å². The molecule has 0 aromatic carbocycles. The Kier molecular flexibility index (Phi) is 5.72. The van der Waals surface area contributed by atoms with Crippen LogP contribution >= 0.6 is 7.60 Å². The lowest BCUT2D eigenvalue weighted by atomic mass is 10.5. The highest BCUT2D eigenvalue weighted by Gasteiger charge is 2.16. The number of rotatable bonds is 6. The van der Waals surface area contributed by atoms with Gasteiger partial charge in [0, 0.05) is 13.7 Å². The molecule has 0 spiro atoms. The molecule has 1 unspecified atom stereocenters. The van der Waals surface area contributed by atoms with Crippen LogP contribution in [0, 0.1) is 0 Å². The summed E-state index contributed by atoms with van der Waals surface area (Å²) in [5.74, 6) is 0. The summed E-state index contributed by atoms with van der Waals surface area (Å²) in [5, 5.41) is 8.28. The molecule has 0 bridgehead atoms. The zero-order valence-electron chi connectivity index (χ0n) is 6.39. The zero-order valence-corrected chi connectivity index (χ0v) is 7.29. The Labute approximate surface area is 65.5 Å². The lowest BCUT2D eigenvalue weighted by Gasteiger charge is -2.07. The van der Waals surface area contributed by atoms with E-state index < -0.39 is 13.9 Å². The van der Waals surface area contributed by atoms with Crippen molar-refractivity contribution < 1.29 is 23.8 Å². The molecule has 5 nitrogen and oxygen atoms in total. The lowest BCUT2D eigenvalue weighted by Crippen LogP contribution is -1.99. The second kappa shape index (κ2) is 5.69. The van der Waals surface area contributed by atoms with Crippen LogP contribution < -0.4 is 0 Å². The normalized spacial score (nSPS) is 16.3. The third-order valence-electron chi connectivity index (χ3n) is 0.965. The van der Waals surface area contributed by atoms with Gasteiger partial charge in [0.05, 0.1) is 6.61 Å². The Hall–Kier alpha value is 0.0700. The third-order valence-corrected chi connectivity index (χ3v) is 1.91. The molecule has 6 heteroatoms. The molecule has 0 heterocycles. The van der Waals surface area contributed by atoms with Crippen molar-refractivity contribution in [1.29, 1.82) is 0 Å². The fourth-order valence-corrected chi connectivity index (χ4v) is 0.947. The van der Waals surface area contributed by atoms with E-state index in [1.54, 1.807) is 0 Å². The number of ether oxygens (including phenoxy) is 1. The van der Waals surface area contributed by atoms with Crippen LogP contribution in [0.1, 0.15) is 6.42 Å². The first-order chi connectivity index (χ1) is 5.12. The number of hydrogen-bond acceptors (Lipinski definition) is 4. The predicted molar refractivity (Wildman–Crippen MR) is 39.4 cm³/mol. The van der Waals surface area contributed by atoms with Crippen LogP contribution in [-0.2, 0) is 13.8 Å². The summed E-state index contributed by atoms with van der Waals surface area (Å²) >= 11 is 0. The SMILES string of the molecule is COCCCOP(=O)(O)CO. The van der Waals surface area contributed by atoms with Crippen LogP contribution in [0.25, 0.3) is 0 Å². The molecule has 0 saturated heterocycles. The van der Waals surface area contributed by atoms with E-state index in [9.17, 15) is 4.57 Å². The summed E-state index contributed by atoms with van der Waals surface area (Å²) in [4.78, 5) is 8.67. The highest BCUT2D eigenvalue weighted by Crippen LogP contribution is 2.39. The van der Waals surface area contributed by atoms with Gasteiger partial charge in [-0.3, -0.25) is 4.57 Å². The van der Waals surface area contributed by atoms with Crippen molar-refractivity contribution in [1.82, 2.24) is 0 Å². The van der Waals surface area contributed by atoms with E-state index in [0.29, 0.717) is 13.0 Å². The summed E-state index contributed by atoms with van der Waals surface area (Å²) in [6, 6.07) is 0. The van der Waals surface area contributed by atoms with E-state index in [-0.39, 0.29) is 6.61 Å². The summed E-state index contributed by atoms with van der Waals surface area (Å²) in [5.41, 5.74) is 0. The number of hydrogen-bond donors (Lipinski definition) is 2. The van der Waals surface area contributed by atoms with Gasteiger partial charge in [-0.05, 0) is 6.42 Å². The molecule has 0 aromatic rings. The molecule has 2 N–H and O–H groups in total. The largest absolute Gasteiger partial charge is 0.385 e. The van der Waals surface area contributed by atoms with Crippen molar-refractivity contribution >= 4 is 7.60 Å². The molecule has 0 aromatic heterocycles. The van der Waals surface area contributed by atoms with E-state index in [2.05, 4.69) is 9.26 Å². The number of methoxy groups -OCH3 is 1. The average molecular weight is 184 g/mol. The van der Waals surface area contributed by atoms with Crippen LogP contribution in [0.4, 0.5) is 0 Å². The summed E-state index contributed by atoms with van der Waals surface area (Å²) in [7, 11) is -2.18. The van der Waals surface area contributed by atoms with E-state index in [1.807, 2.05) is 0 Å². The van der Waals surface area contributed by atoms with Crippen molar-refractivity contribution in [3.8, 4) is 0 Å². The fourth-order valence-electron chi connectivity index (χ4n) is 0.451.